The van der Waals surface area contributed by atoms with Crippen LogP contribution in [0.15, 0.2) is 24.3 Å². The van der Waals surface area contributed by atoms with E-state index in [9.17, 15) is 0 Å². The lowest BCUT2D eigenvalue weighted by atomic mass is 9.81. The number of benzene rings is 1. The second-order valence-corrected chi connectivity index (χ2v) is 5.08. The van der Waals surface area contributed by atoms with Crippen molar-refractivity contribution in [1.29, 1.82) is 0 Å². The second kappa shape index (κ2) is 4.31. The van der Waals surface area contributed by atoms with Gasteiger partial charge in [0.1, 0.15) is 5.75 Å². The highest BCUT2D eigenvalue weighted by atomic mass is 16.5. The minimum absolute atomic E-state index is 0.0698. The van der Waals surface area contributed by atoms with Crippen molar-refractivity contribution >= 4 is 0 Å². The average Bonchev–Trinajstić information content (AvgIpc) is 3.00. The van der Waals surface area contributed by atoms with Crippen LogP contribution in [0.5, 0.6) is 5.75 Å². The van der Waals surface area contributed by atoms with Gasteiger partial charge in [-0.2, -0.15) is 0 Å². The van der Waals surface area contributed by atoms with Crippen molar-refractivity contribution in [3.63, 3.8) is 0 Å². The molecule has 0 aromatic heterocycles. The zero-order valence-electron chi connectivity index (χ0n) is 10.1. The monoisotopic (exact) mass is 233 g/mol. The molecule has 3 heteroatoms. The molecule has 92 valence electrons. The van der Waals surface area contributed by atoms with Crippen LogP contribution in [0, 0.1) is 5.92 Å². The van der Waals surface area contributed by atoms with Crippen molar-refractivity contribution in [1.82, 2.24) is 0 Å². The first-order chi connectivity index (χ1) is 8.28. The molecule has 1 aromatic carbocycles. The number of fused-ring (bicyclic) bond motifs is 2. The summed E-state index contributed by atoms with van der Waals surface area (Å²) in [6.45, 7) is 0. The first-order valence-electron chi connectivity index (χ1n) is 6.33. The Morgan fingerprint density at radius 1 is 1.41 bits per heavy atom. The standard InChI is InChI=1S/C14H19NO2/c1-16-10-4-2-3-9(7-10)14(15)12-8-11-5-6-13(12)17-11/h2-4,7,11-14H,5-6,8,15H2,1H3. The number of hydrogen-bond acceptors (Lipinski definition) is 3. The lowest BCUT2D eigenvalue weighted by Gasteiger charge is -2.25. The number of hydrogen-bond donors (Lipinski definition) is 1. The molecule has 4 unspecified atom stereocenters. The Balaban J connectivity index is 1.79. The number of methoxy groups -OCH3 is 1. The molecule has 2 aliphatic rings. The van der Waals surface area contributed by atoms with Crippen LogP contribution < -0.4 is 10.5 Å². The summed E-state index contributed by atoms with van der Waals surface area (Å²) in [5.74, 6) is 1.35. The van der Waals surface area contributed by atoms with E-state index in [1.54, 1.807) is 7.11 Å². The third-order valence-electron chi connectivity index (χ3n) is 4.09. The lowest BCUT2D eigenvalue weighted by Crippen LogP contribution is -2.29. The van der Waals surface area contributed by atoms with Crippen LogP contribution in [-0.4, -0.2) is 19.3 Å². The fourth-order valence-electron chi connectivity index (χ4n) is 3.15. The molecule has 0 radical (unpaired) electrons. The van der Waals surface area contributed by atoms with Gasteiger partial charge in [0.15, 0.2) is 0 Å². The van der Waals surface area contributed by atoms with Gasteiger partial charge in [-0.15, -0.1) is 0 Å². The molecule has 0 amide bonds. The zero-order valence-corrected chi connectivity index (χ0v) is 10.1. The van der Waals surface area contributed by atoms with E-state index in [4.69, 9.17) is 15.2 Å². The van der Waals surface area contributed by atoms with Crippen molar-refractivity contribution in [3.05, 3.63) is 29.8 Å². The molecule has 2 bridgehead atoms. The molecule has 0 saturated carbocycles. The SMILES string of the molecule is COc1cccc(C(N)C2CC3CCC2O3)c1. The Morgan fingerprint density at radius 3 is 2.94 bits per heavy atom. The van der Waals surface area contributed by atoms with Crippen LogP contribution in [0.4, 0.5) is 0 Å². The molecule has 2 saturated heterocycles. The van der Waals surface area contributed by atoms with Crippen LogP contribution in [0.25, 0.3) is 0 Å². The van der Waals surface area contributed by atoms with E-state index < -0.39 is 0 Å². The van der Waals surface area contributed by atoms with Gasteiger partial charge in [0.2, 0.25) is 0 Å². The third kappa shape index (κ3) is 1.94. The lowest BCUT2D eigenvalue weighted by molar-refractivity contribution is 0.0884. The molecule has 0 aliphatic carbocycles. The molecule has 2 aliphatic heterocycles. The normalized spacial score (nSPS) is 32.7. The van der Waals surface area contributed by atoms with Crippen LogP contribution in [0.1, 0.15) is 30.9 Å². The van der Waals surface area contributed by atoms with E-state index >= 15 is 0 Å². The van der Waals surface area contributed by atoms with E-state index in [-0.39, 0.29) is 6.04 Å². The predicted molar refractivity (Wildman–Crippen MR) is 65.9 cm³/mol. The van der Waals surface area contributed by atoms with Gasteiger partial charge >= 0.3 is 0 Å². The van der Waals surface area contributed by atoms with E-state index in [0.29, 0.717) is 18.1 Å². The highest BCUT2D eigenvalue weighted by Gasteiger charge is 2.43. The van der Waals surface area contributed by atoms with Gasteiger partial charge in [-0.3, -0.25) is 0 Å². The summed E-state index contributed by atoms with van der Waals surface area (Å²) in [6, 6.07) is 8.14. The minimum Gasteiger partial charge on any atom is -0.497 e. The fraction of sp³-hybridized carbons (Fsp3) is 0.571. The summed E-state index contributed by atoms with van der Waals surface area (Å²) in [7, 11) is 1.69. The third-order valence-corrected chi connectivity index (χ3v) is 4.09. The van der Waals surface area contributed by atoms with Gasteiger partial charge < -0.3 is 15.2 Å². The highest BCUT2D eigenvalue weighted by Crippen LogP contribution is 2.44. The van der Waals surface area contributed by atoms with Crippen molar-refractivity contribution in [2.75, 3.05) is 7.11 Å². The number of ether oxygens (including phenoxy) is 2. The van der Waals surface area contributed by atoms with E-state index in [1.165, 1.54) is 12.8 Å². The molecule has 17 heavy (non-hydrogen) atoms. The van der Waals surface area contributed by atoms with Crippen LogP contribution in [0.3, 0.4) is 0 Å². The van der Waals surface area contributed by atoms with Crippen molar-refractivity contribution in [2.45, 2.75) is 37.5 Å². The molecule has 2 heterocycles. The van der Waals surface area contributed by atoms with Gasteiger partial charge in [-0.05, 0) is 37.0 Å². The summed E-state index contributed by atoms with van der Waals surface area (Å²) in [4.78, 5) is 0. The molecule has 4 atom stereocenters. The minimum atomic E-state index is 0.0698. The number of nitrogens with two attached hydrogens (primary N) is 1. The van der Waals surface area contributed by atoms with Crippen molar-refractivity contribution in [2.24, 2.45) is 11.7 Å². The molecule has 3 nitrogen and oxygen atoms in total. The maximum absolute atomic E-state index is 6.37. The Morgan fingerprint density at radius 2 is 2.29 bits per heavy atom. The first kappa shape index (κ1) is 11.1. The summed E-state index contributed by atoms with van der Waals surface area (Å²) in [5.41, 5.74) is 7.53. The van der Waals surface area contributed by atoms with Gasteiger partial charge in [0.05, 0.1) is 19.3 Å². The Labute approximate surface area is 102 Å². The molecule has 2 fully saturated rings. The average molecular weight is 233 g/mol. The highest BCUT2D eigenvalue weighted by molar-refractivity contribution is 5.31. The maximum atomic E-state index is 6.37. The summed E-state index contributed by atoms with van der Waals surface area (Å²) >= 11 is 0. The summed E-state index contributed by atoms with van der Waals surface area (Å²) in [5, 5.41) is 0. The Hall–Kier alpha value is -1.06. The zero-order chi connectivity index (χ0) is 11.8. The molecule has 3 rings (SSSR count). The second-order valence-electron chi connectivity index (χ2n) is 5.08. The van der Waals surface area contributed by atoms with Crippen LogP contribution in [-0.2, 0) is 4.74 Å². The fourth-order valence-corrected chi connectivity index (χ4v) is 3.15. The van der Waals surface area contributed by atoms with E-state index in [2.05, 4.69) is 6.07 Å². The van der Waals surface area contributed by atoms with E-state index in [0.717, 1.165) is 17.7 Å². The van der Waals surface area contributed by atoms with E-state index in [1.807, 2.05) is 18.2 Å². The molecular weight excluding hydrogens is 214 g/mol. The quantitative estimate of drug-likeness (QED) is 0.871. The number of rotatable bonds is 3. The Kier molecular flexibility index (Phi) is 2.81. The van der Waals surface area contributed by atoms with Crippen molar-refractivity contribution in [3.8, 4) is 5.75 Å². The topological polar surface area (TPSA) is 44.5 Å². The van der Waals surface area contributed by atoms with Gasteiger partial charge in [0, 0.05) is 12.0 Å². The van der Waals surface area contributed by atoms with Crippen LogP contribution in [0.2, 0.25) is 0 Å². The summed E-state index contributed by atoms with van der Waals surface area (Å²) < 4.78 is 11.1. The molecule has 2 N–H and O–H groups in total. The van der Waals surface area contributed by atoms with Crippen LogP contribution >= 0.6 is 0 Å². The molecule has 1 aromatic rings. The van der Waals surface area contributed by atoms with Gasteiger partial charge in [-0.25, -0.2) is 0 Å². The molecule has 0 spiro atoms. The maximum Gasteiger partial charge on any atom is 0.119 e. The van der Waals surface area contributed by atoms with Crippen molar-refractivity contribution < 1.29 is 9.47 Å². The smallest absolute Gasteiger partial charge is 0.119 e. The summed E-state index contributed by atoms with van der Waals surface area (Å²) in [6.07, 6.45) is 4.34. The van der Waals surface area contributed by atoms with Gasteiger partial charge in [0.25, 0.3) is 0 Å². The molecular formula is C14H19NO2. The van der Waals surface area contributed by atoms with Gasteiger partial charge in [-0.1, -0.05) is 12.1 Å². The predicted octanol–water partition coefficient (Wildman–Crippen LogP) is 2.26. The Bertz CT molecular complexity index is 407. The first-order valence-corrected chi connectivity index (χ1v) is 6.33. The largest absolute Gasteiger partial charge is 0.497 e.